The summed E-state index contributed by atoms with van der Waals surface area (Å²) in [7, 11) is 1.63. The fraction of sp³-hybridized carbons (Fsp3) is 0.955. The van der Waals surface area contributed by atoms with Crippen molar-refractivity contribution in [3.63, 3.8) is 0 Å². The maximum Gasteiger partial charge on any atom is 0.125 e. The van der Waals surface area contributed by atoms with Crippen LogP contribution in [0.25, 0.3) is 0 Å². The third kappa shape index (κ3) is 9.79. The smallest absolute Gasteiger partial charge is 0.125 e. The van der Waals surface area contributed by atoms with E-state index >= 15 is 0 Å². The van der Waals surface area contributed by atoms with E-state index in [2.05, 4.69) is 12.2 Å². The van der Waals surface area contributed by atoms with Crippen LogP contribution in [0.4, 0.5) is 0 Å². The molecule has 0 aliphatic carbocycles. The lowest BCUT2D eigenvalue weighted by Crippen LogP contribution is -2.44. The Morgan fingerprint density at radius 2 is 1.64 bits per heavy atom. The lowest BCUT2D eigenvalue weighted by atomic mass is 9.82. The van der Waals surface area contributed by atoms with E-state index in [1.54, 1.807) is 21.0 Å². The molecule has 8 atom stereocenters. The zero-order chi connectivity index (χ0) is 22.1. The van der Waals surface area contributed by atoms with Gasteiger partial charge in [0.05, 0.1) is 23.4 Å². The minimum atomic E-state index is -0.937. The minimum Gasteiger partial charge on any atom is -0.392 e. The van der Waals surface area contributed by atoms with Crippen LogP contribution in [0, 0.1) is 17.8 Å². The number of aliphatic hydroxyl groups is 3. The molecule has 0 aromatic heterocycles. The highest BCUT2D eigenvalue weighted by Gasteiger charge is 2.33. The van der Waals surface area contributed by atoms with Crippen LogP contribution in [0.15, 0.2) is 0 Å². The fourth-order valence-corrected chi connectivity index (χ4v) is 4.40. The Kier molecular flexibility index (Phi) is 12.0. The molecular formula is C22H45NO5. The molecule has 6 nitrogen and oxygen atoms in total. The predicted molar refractivity (Wildman–Crippen MR) is 113 cm³/mol. The van der Waals surface area contributed by atoms with Crippen molar-refractivity contribution < 1.29 is 24.9 Å². The third-order valence-electron chi connectivity index (χ3n) is 5.77. The zero-order valence-electron chi connectivity index (χ0n) is 19.2. The summed E-state index contributed by atoms with van der Waals surface area (Å²) in [6.45, 7) is 14.0. The number of rotatable bonds is 15. The second-order valence-corrected chi connectivity index (χ2v) is 9.48. The van der Waals surface area contributed by atoms with Gasteiger partial charge in [-0.25, -0.2) is 0 Å². The van der Waals surface area contributed by atoms with Gasteiger partial charge in [-0.2, -0.15) is 0 Å². The molecule has 0 saturated carbocycles. The molecule has 0 heterocycles. The topological polar surface area (TPSA) is 99.0 Å². The number of carbonyl (C=O) groups excluding carboxylic acids is 1. The predicted octanol–water partition coefficient (Wildman–Crippen LogP) is 2.53. The van der Waals surface area contributed by atoms with Crippen molar-refractivity contribution in [3.05, 3.63) is 0 Å². The normalized spacial score (nSPS) is 23.0. The van der Waals surface area contributed by atoms with Crippen molar-refractivity contribution in [2.45, 2.75) is 104 Å². The molecule has 4 unspecified atom stereocenters. The van der Waals surface area contributed by atoms with Crippen molar-refractivity contribution in [1.82, 2.24) is 5.32 Å². The van der Waals surface area contributed by atoms with Gasteiger partial charge in [0.15, 0.2) is 0 Å². The second-order valence-electron chi connectivity index (χ2n) is 9.48. The first kappa shape index (κ1) is 27.5. The first-order valence-corrected chi connectivity index (χ1v) is 10.6. The Labute approximate surface area is 172 Å². The second kappa shape index (κ2) is 12.2. The molecule has 0 bridgehead atoms. The molecule has 0 aliphatic heterocycles. The summed E-state index contributed by atoms with van der Waals surface area (Å²) in [5.41, 5.74) is -1.81. The molecule has 168 valence electrons. The highest BCUT2D eigenvalue weighted by Crippen LogP contribution is 2.27. The minimum absolute atomic E-state index is 0.0830. The molecule has 0 radical (unpaired) electrons. The van der Waals surface area contributed by atoms with Crippen LogP contribution in [0.3, 0.4) is 0 Å². The van der Waals surface area contributed by atoms with E-state index in [-0.39, 0.29) is 24.0 Å². The average molecular weight is 404 g/mol. The number of ether oxygens (including phenoxy) is 1. The first-order chi connectivity index (χ1) is 12.8. The van der Waals surface area contributed by atoms with Crippen molar-refractivity contribution in [1.29, 1.82) is 0 Å². The van der Waals surface area contributed by atoms with Crippen LogP contribution < -0.4 is 5.32 Å². The summed E-state index contributed by atoms with van der Waals surface area (Å²) >= 11 is 0. The molecule has 0 aromatic rings. The number of nitrogens with one attached hydrogen (secondary N) is 1. The molecule has 0 rings (SSSR count). The maximum atomic E-state index is 10.9. The van der Waals surface area contributed by atoms with Gasteiger partial charge in [0.1, 0.15) is 6.29 Å². The van der Waals surface area contributed by atoms with Gasteiger partial charge in [-0.1, -0.05) is 27.7 Å². The van der Waals surface area contributed by atoms with Gasteiger partial charge in [0.25, 0.3) is 0 Å². The van der Waals surface area contributed by atoms with Crippen LogP contribution in [0.5, 0.6) is 0 Å². The standard InChI is InChI=1S/C22H45NO5/c1-9-19(28-8)22(7,27)10-15(2)13-23-18(5)12-21(6,26)11-16(3)20(25)17(4)14-24/h14-20,23,25-27H,9-13H2,1-8H3/t15-,16?,17?,18-,19?,20?,21-,22+/m1/s1. The monoisotopic (exact) mass is 403 g/mol. The van der Waals surface area contributed by atoms with Gasteiger partial charge in [-0.3, -0.25) is 0 Å². The number of methoxy groups -OCH3 is 1. The van der Waals surface area contributed by atoms with E-state index in [1.807, 2.05) is 27.7 Å². The van der Waals surface area contributed by atoms with Gasteiger partial charge in [0.2, 0.25) is 0 Å². The Morgan fingerprint density at radius 3 is 2.11 bits per heavy atom. The highest BCUT2D eigenvalue weighted by molar-refractivity contribution is 5.53. The summed E-state index contributed by atoms with van der Waals surface area (Å²) in [5.74, 6) is -0.355. The number of aliphatic hydroxyl groups excluding tert-OH is 1. The first-order valence-electron chi connectivity index (χ1n) is 10.6. The van der Waals surface area contributed by atoms with Crippen molar-refractivity contribution in [2.24, 2.45) is 17.8 Å². The van der Waals surface area contributed by atoms with Crippen molar-refractivity contribution in [3.8, 4) is 0 Å². The van der Waals surface area contributed by atoms with Crippen LogP contribution in [-0.4, -0.2) is 64.7 Å². The largest absolute Gasteiger partial charge is 0.392 e. The summed E-state index contributed by atoms with van der Waals surface area (Å²) in [5, 5.41) is 35.0. The lowest BCUT2D eigenvalue weighted by molar-refractivity contribution is -0.115. The number of carbonyl (C=O) groups is 1. The molecular weight excluding hydrogens is 358 g/mol. The van der Waals surface area contributed by atoms with E-state index in [9.17, 15) is 20.1 Å². The molecule has 0 spiro atoms. The Bertz CT molecular complexity index is 437. The fourth-order valence-electron chi connectivity index (χ4n) is 4.40. The maximum absolute atomic E-state index is 10.9. The molecule has 0 fully saturated rings. The van der Waals surface area contributed by atoms with E-state index in [0.717, 1.165) is 19.3 Å². The molecule has 0 aliphatic rings. The Morgan fingerprint density at radius 1 is 1.07 bits per heavy atom. The summed E-state index contributed by atoms with van der Waals surface area (Å²) in [6.07, 6.45) is 2.17. The van der Waals surface area contributed by atoms with Crippen LogP contribution in [-0.2, 0) is 9.53 Å². The SMILES string of the molecule is CCC(OC)[C@@](C)(O)C[C@@H](C)CN[C@H](C)C[C@](C)(O)CC(C)C(O)C(C)C=O. The van der Waals surface area contributed by atoms with E-state index < -0.39 is 23.2 Å². The van der Waals surface area contributed by atoms with Gasteiger partial charge in [-0.05, 0) is 64.8 Å². The van der Waals surface area contributed by atoms with Gasteiger partial charge >= 0.3 is 0 Å². The third-order valence-corrected chi connectivity index (χ3v) is 5.77. The van der Waals surface area contributed by atoms with Crippen LogP contribution in [0.2, 0.25) is 0 Å². The lowest BCUT2D eigenvalue weighted by Gasteiger charge is -2.35. The quantitative estimate of drug-likeness (QED) is 0.314. The average Bonchev–Trinajstić information content (AvgIpc) is 2.57. The molecule has 0 aromatic carbocycles. The van der Waals surface area contributed by atoms with Crippen molar-refractivity contribution in [2.75, 3.05) is 13.7 Å². The molecule has 4 N–H and O–H groups in total. The highest BCUT2D eigenvalue weighted by atomic mass is 16.5. The summed E-state index contributed by atoms with van der Waals surface area (Å²) in [6, 6.07) is 0.0830. The summed E-state index contributed by atoms with van der Waals surface area (Å²) < 4.78 is 5.39. The number of hydrogen-bond donors (Lipinski definition) is 4. The van der Waals surface area contributed by atoms with E-state index in [4.69, 9.17) is 4.74 Å². The Hall–Kier alpha value is -0.530. The van der Waals surface area contributed by atoms with Crippen LogP contribution >= 0.6 is 0 Å². The van der Waals surface area contributed by atoms with Gasteiger partial charge in [-0.15, -0.1) is 0 Å². The molecule has 28 heavy (non-hydrogen) atoms. The summed E-state index contributed by atoms with van der Waals surface area (Å²) in [4.78, 5) is 10.9. The van der Waals surface area contributed by atoms with Gasteiger partial charge < -0.3 is 30.2 Å². The Balaban J connectivity index is 4.52. The van der Waals surface area contributed by atoms with Crippen molar-refractivity contribution >= 4 is 6.29 Å². The molecule has 6 heteroatoms. The number of hydrogen-bond acceptors (Lipinski definition) is 6. The van der Waals surface area contributed by atoms with Crippen LogP contribution in [0.1, 0.15) is 74.1 Å². The van der Waals surface area contributed by atoms with E-state index in [1.165, 1.54) is 0 Å². The van der Waals surface area contributed by atoms with Gasteiger partial charge in [0, 0.05) is 19.1 Å². The molecule has 0 saturated heterocycles. The number of aldehydes is 1. The molecule has 0 amide bonds. The zero-order valence-corrected chi connectivity index (χ0v) is 19.2. The van der Waals surface area contributed by atoms with E-state index in [0.29, 0.717) is 19.3 Å².